The van der Waals surface area contributed by atoms with Crippen LogP contribution in [0.25, 0.3) is 10.2 Å². The van der Waals surface area contributed by atoms with Crippen LogP contribution < -0.4 is 10.1 Å². The zero-order valence-electron chi connectivity index (χ0n) is 18.9. The number of terminal acetylenes is 1. The van der Waals surface area contributed by atoms with Crippen LogP contribution in [0.15, 0.2) is 23.2 Å². The van der Waals surface area contributed by atoms with Gasteiger partial charge in [0.1, 0.15) is 5.00 Å². The van der Waals surface area contributed by atoms with Gasteiger partial charge in [-0.3, -0.25) is 9.59 Å². The van der Waals surface area contributed by atoms with Crippen LogP contribution in [0.5, 0.6) is 0 Å². The second-order valence-electron chi connectivity index (χ2n) is 7.74. The fraction of sp³-hybridized carbons (Fsp3) is 0.333. The van der Waals surface area contributed by atoms with Crippen LogP contribution in [-0.2, 0) is 33.7 Å². The number of hydrogen-bond acceptors (Lipinski definition) is 7. The number of carbonyl (C=O) groups is 3. The van der Waals surface area contributed by atoms with Gasteiger partial charge >= 0.3 is 5.97 Å². The predicted octanol–water partition coefficient (Wildman–Crippen LogP) is 4.52. The normalized spacial score (nSPS) is 13.3. The molecule has 35 heavy (non-hydrogen) atoms. The van der Waals surface area contributed by atoms with Crippen molar-refractivity contribution in [1.29, 1.82) is 0 Å². The van der Waals surface area contributed by atoms with E-state index in [0.29, 0.717) is 20.4 Å². The van der Waals surface area contributed by atoms with Gasteiger partial charge in [0.25, 0.3) is 5.91 Å². The lowest BCUT2D eigenvalue weighted by Crippen LogP contribution is -2.19. The molecular weight excluding hydrogens is 526 g/mol. The van der Waals surface area contributed by atoms with Crippen molar-refractivity contribution in [2.75, 3.05) is 23.9 Å². The molecule has 7 nitrogen and oxygen atoms in total. The smallest absolute Gasteiger partial charge is 0.341 e. The Morgan fingerprint density at radius 1 is 1.26 bits per heavy atom. The maximum atomic E-state index is 12.6. The van der Waals surface area contributed by atoms with Gasteiger partial charge in [-0.25, -0.2) is 4.79 Å². The molecule has 11 heteroatoms. The average molecular weight is 548 g/mol. The maximum absolute atomic E-state index is 12.6. The Morgan fingerprint density at radius 3 is 2.83 bits per heavy atom. The monoisotopic (exact) mass is 547 g/mol. The summed E-state index contributed by atoms with van der Waals surface area (Å²) in [5.74, 6) is 1.57. The Balaban J connectivity index is 1.41. The Hall–Kier alpha value is -2.58. The van der Waals surface area contributed by atoms with E-state index in [2.05, 4.69) is 16.2 Å². The first-order valence-corrected chi connectivity index (χ1v) is 14.0. The Bertz CT molecular complexity index is 1410. The van der Waals surface area contributed by atoms with E-state index in [0.717, 1.165) is 58.1 Å². The molecule has 0 aliphatic heterocycles. The topological polar surface area (TPSA) is 89.8 Å². The molecule has 1 aromatic carbocycles. The number of halogens is 1. The Morgan fingerprint density at radius 2 is 2.06 bits per heavy atom. The van der Waals surface area contributed by atoms with Crippen molar-refractivity contribution < 1.29 is 19.1 Å². The van der Waals surface area contributed by atoms with Gasteiger partial charge in [0.15, 0.2) is 4.80 Å². The highest BCUT2D eigenvalue weighted by Gasteiger charge is 2.26. The van der Waals surface area contributed by atoms with Crippen molar-refractivity contribution >= 4 is 79.0 Å². The van der Waals surface area contributed by atoms with Crippen molar-refractivity contribution in [1.82, 2.24) is 4.57 Å². The average Bonchev–Trinajstić information content (AvgIpc) is 3.35. The SMILES string of the molecule is C#CCn1c(=NC(=O)CSCC(=O)Nc2sc3c(c2C(=O)OC)CCCC3)sc2cc(Cl)ccc21. The Kier molecular flexibility index (Phi) is 8.34. The molecule has 3 aromatic rings. The second-order valence-corrected chi connectivity index (χ2v) is 11.3. The summed E-state index contributed by atoms with van der Waals surface area (Å²) in [7, 11) is 1.34. The van der Waals surface area contributed by atoms with Crippen LogP contribution in [0.2, 0.25) is 5.02 Å². The molecule has 0 atom stereocenters. The quantitative estimate of drug-likeness (QED) is 0.347. The number of thioether (sulfide) groups is 1. The van der Waals surface area contributed by atoms with Gasteiger partial charge in [-0.2, -0.15) is 4.99 Å². The van der Waals surface area contributed by atoms with Crippen molar-refractivity contribution in [3.05, 3.63) is 44.0 Å². The fourth-order valence-electron chi connectivity index (χ4n) is 3.88. The molecule has 4 rings (SSSR count). The number of amides is 2. The first-order valence-electron chi connectivity index (χ1n) is 10.8. The van der Waals surface area contributed by atoms with Crippen molar-refractivity contribution in [2.24, 2.45) is 4.99 Å². The number of methoxy groups -OCH3 is 1. The number of aromatic nitrogens is 1. The van der Waals surface area contributed by atoms with Gasteiger partial charge in [-0.15, -0.1) is 29.5 Å². The fourth-order valence-corrected chi connectivity index (χ4v) is 7.10. The van der Waals surface area contributed by atoms with Crippen molar-refractivity contribution in [3.63, 3.8) is 0 Å². The van der Waals surface area contributed by atoms with Crippen LogP contribution >= 0.6 is 46.0 Å². The largest absolute Gasteiger partial charge is 0.465 e. The molecular formula is C24H22ClN3O4S3. The van der Waals surface area contributed by atoms with Gasteiger partial charge in [-0.05, 0) is 49.4 Å². The number of fused-ring (bicyclic) bond motifs is 2. The Labute approximate surface area is 219 Å². The number of thiophene rings is 1. The van der Waals surface area contributed by atoms with E-state index in [1.54, 1.807) is 10.6 Å². The highest BCUT2D eigenvalue weighted by atomic mass is 35.5. The summed E-state index contributed by atoms with van der Waals surface area (Å²) in [6.07, 6.45) is 9.27. The van der Waals surface area contributed by atoms with E-state index in [1.807, 2.05) is 12.1 Å². The summed E-state index contributed by atoms with van der Waals surface area (Å²) in [5, 5.41) is 3.94. The first kappa shape index (κ1) is 25.5. The van der Waals surface area contributed by atoms with E-state index in [9.17, 15) is 14.4 Å². The third kappa shape index (κ3) is 5.81. The number of thiazole rings is 1. The minimum absolute atomic E-state index is 0.0310. The zero-order chi connectivity index (χ0) is 24.9. The lowest BCUT2D eigenvalue weighted by Gasteiger charge is -2.11. The lowest BCUT2D eigenvalue weighted by molar-refractivity contribution is -0.115. The molecule has 0 saturated carbocycles. The molecule has 1 aliphatic rings. The van der Waals surface area contributed by atoms with Gasteiger partial charge in [0.05, 0.1) is 40.9 Å². The summed E-state index contributed by atoms with van der Waals surface area (Å²) in [5.41, 5.74) is 2.30. The molecule has 2 amide bonds. The molecule has 0 spiro atoms. The number of aryl methyl sites for hydroxylation is 1. The number of ether oxygens (including phenoxy) is 1. The summed E-state index contributed by atoms with van der Waals surface area (Å²) in [6.45, 7) is 0.274. The number of esters is 1. The molecule has 1 aliphatic carbocycles. The van der Waals surface area contributed by atoms with Gasteiger partial charge in [-0.1, -0.05) is 28.9 Å². The molecule has 0 unspecified atom stereocenters. The zero-order valence-corrected chi connectivity index (χ0v) is 22.1. The number of rotatable bonds is 7. The van der Waals surface area contributed by atoms with E-state index < -0.39 is 5.97 Å². The highest BCUT2D eigenvalue weighted by Crippen LogP contribution is 2.38. The summed E-state index contributed by atoms with van der Waals surface area (Å²) in [4.78, 5) is 43.2. The molecule has 0 radical (unpaired) electrons. The number of nitrogens with one attached hydrogen (secondary N) is 1. The van der Waals surface area contributed by atoms with Crippen LogP contribution in [0, 0.1) is 12.3 Å². The van der Waals surface area contributed by atoms with E-state index in [4.69, 9.17) is 22.8 Å². The van der Waals surface area contributed by atoms with E-state index in [1.165, 1.54) is 29.8 Å². The molecule has 0 bridgehead atoms. The molecule has 182 valence electrons. The number of benzene rings is 1. The number of nitrogens with zero attached hydrogens (tertiary/aromatic N) is 2. The van der Waals surface area contributed by atoms with Crippen LogP contribution in [-0.4, -0.2) is 41.0 Å². The summed E-state index contributed by atoms with van der Waals surface area (Å²) in [6, 6.07) is 5.42. The molecule has 2 heterocycles. The van der Waals surface area contributed by atoms with Crippen LogP contribution in [0.3, 0.4) is 0 Å². The van der Waals surface area contributed by atoms with Crippen molar-refractivity contribution in [2.45, 2.75) is 32.2 Å². The highest BCUT2D eigenvalue weighted by molar-refractivity contribution is 8.00. The van der Waals surface area contributed by atoms with Crippen LogP contribution in [0.1, 0.15) is 33.6 Å². The number of carbonyl (C=O) groups excluding carboxylic acids is 3. The van der Waals surface area contributed by atoms with Gasteiger partial charge in [0.2, 0.25) is 5.91 Å². The van der Waals surface area contributed by atoms with Crippen molar-refractivity contribution in [3.8, 4) is 12.3 Å². The number of hydrogen-bond donors (Lipinski definition) is 1. The van der Waals surface area contributed by atoms with E-state index in [-0.39, 0.29) is 29.9 Å². The molecule has 1 N–H and O–H groups in total. The summed E-state index contributed by atoms with van der Waals surface area (Å²) < 4.78 is 7.61. The van der Waals surface area contributed by atoms with Gasteiger partial charge < -0.3 is 14.6 Å². The summed E-state index contributed by atoms with van der Waals surface area (Å²) >= 11 is 10.00. The van der Waals surface area contributed by atoms with Gasteiger partial charge in [0, 0.05) is 9.90 Å². The molecule has 2 aromatic heterocycles. The minimum Gasteiger partial charge on any atom is -0.465 e. The third-order valence-corrected chi connectivity index (χ3v) is 8.79. The maximum Gasteiger partial charge on any atom is 0.341 e. The third-order valence-electron chi connectivity index (χ3n) is 5.39. The molecule has 0 saturated heterocycles. The number of anilines is 1. The van der Waals surface area contributed by atoms with E-state index >= 15 is 0 Å². The predicted molar refractivity (Wildman–Crippen MR) is 142 cm³/mol. The molecule has 0 fully saturated rings. The lowest BCUT2D eigenvalue weighted by atomic mass is 9.95. The minimum atomic E-state index is -0.439. The first-order chi connectivity index (χ1) is 16.9. The van der Waals surface area contributed by atoms with Crippen LogP contribution in [0.4, 0.5) is 5.00 Å². The standard InChI is InChI=1S/C24H22ClN3O4S3/c1-3-10-28-16-9-8-14(25)11-18(16)35-24(28)27-20(30)13-33-12-19(29)26-22-21(23(31)32-2)15-6-4-5-7-17(15)34-22/h1,8-9,11H,4-7,10,12-13H2,2H3,(H,26,29). The second kappa shape index (κ2) is 11.4.